The Labute approximate surface area is 127 Å². The summed E-state index contributed by atoms with van der Waals surface area (Å²) < 4.78 is 7.55. The molecule has 5 heteroatoms. The largest absolute Gasteiger partial charge is 0.457 e. The molecule has 110 valence electrons. The van der Waals surface area contributed by atoms with Crippen LogP contribution in [0.2, 0.25) is 0 Å². The van der Waals surface area contributed by atoms with Crippen molar-refractivity contribution in [2.24, 2.45) is 0 Å². The third kappa shape index (κ3) is 1.97. The van der Waals surface area contributed by atoms with Gasteiger partial charge in [0.15, 0.2) is 12.0 Å². The maximum atomic E-state index is 11.1. The molecule has 3 aromatic heterocycles. The molecule has 1 aliphatic rings. The zero-order valence-electron chi connectivity index (χ0n) is 12.2. The number of nitrogens with zero attached hydrogens (tertiary/aromatic N) is 3. The van der Waals surface area contributed by atoms with E-state index in [9.17, 15) is 4.79 Å². The fourth-order valence-corrected chi connectivity index (χ4v) is 3.03. The summed E-state index contributed by atoms with van der Waals surface area (Å²) in [5.74, 6) is 1.28. The number of fused-ring (bicyclic) bond motifs is 3. The second-order valence-electron chi connectivity index (χ2n) is 5.53. The molecule has 0 saturated carbocycles. The number of furan rings is 1. The first-order valence-electron chi connectivity index (χ1n) is 7.30. The first-order chi connectivity index (χ1) is 10.8. The molecule has 0 aliphatic heterocycles. The Bertz CT molecular complexity index is 846. The van der Waals surface area contributed by atoms with Gasteiger partial charge in [-0.25, -0.2) is 0 Å². The van der Waals surface area contributed by atoms with Gasteiger partial charge < -0.3 is 4.42 Å². The molecule has 0 spiro atoms. The number of pyridine rings is 1. The van der Waals surface area contributed by atoms with Gasteiger partial charge in [0.05, 0.1) is 17.9 Å². The van der Waals surface area contributed by atoms with Crippen LogP contribution >= 0.6 is 0 Å². The number of aryl methyl sites for hydroxylation is 2. The van der Waals surface area contributed by atoms with Crippen LogP contribution in [-0.4, -0.2) is 21.1 Å². The van der Waals surface area contributed by atoms with Crippen LogP contribution in [-0.2, 0) is 19.4 Å². The predicted molar refractivity (Wildman–Crippen MR) is 80.8 cm³/mol. The monoisotopic (exact) mass is 293 g/mol. The van der Waals surface area contributed by atoms with E-state index in [-0.39, 0.29) is 0 Å². The second kappa shape index (κ2) is 4.94. The molecule has 0 N–H and O–H groups in total. The summed E-state index contributed by atoms with van der Waals surface area (Å²) in [6.45, 7) is 2.56. The lowest BCUT2D eigenvalue weighted by Gasteiger charge is -2.09. The Morgan fingerprint density at radius 3 is 3.05 bits per heavy atom. The van der Waals surface area contributed by atoms with Crippen LogP contribution in [0.25, 0.3) is 11.3 Å². The van der Waals surface area contributed by atoms with E-state index in [1.807, 2.05) is 29.8 Å². The summed E-state index contributed by atoms with van der Waals surface area (Å²) >= 11 is 0. The lowest BCUT2D eigenvalue weighted by atomic mass is 9.94. The van der Waals surface area contributed by atoms with Gasteiger partial charge in [-0.3, -0.25) is 14.5 Å². The number of hydrogen-bond acceptors (Lipinski definition) is 4. The third-order valence-corrected chi connectivity index (χ3v) is 4.11. The predicted octanol–water partition coefficient (Wildman–Crippen LogP) is 2.81. The Balaban J connectivity index is 1.75. The number of rotatable bonds is 3. The van der Waals surface area contributed by atoms with Gasteiger partial charge in [0.2, 0.25) is 0 Å². The minimum Gasteiger partial charge on any atom is -0.457 e. The standard InChI is InChI=1S/C17H15N3O2/c1-11-15(10-21)22-14-6-5-12-8-20(19-17(12)16(11)14)9-13-4-2-3-7-18-13/h2-4,7-8,10H,5-6,9H2,1H3. The van der Waals surface area contributed by atoms with Crippen LogP contribution in [0.3, 0.4) is 0 Å². The molecule has 4 rings (SSSR count). The summed E-state index contributed by atoms with van der Waals surface area (Å²) in [5, 5.41) is 4.70. The molecule has 3 heterocycles. The van der Waals surface area contributed by atoms with E-state index < -0.39 is 0 Å². The van der Waals surface area contributed by atoms with Crippen molar-refractivity contribution in [3.63, 3.8) is 0 Å². The molecule has 5 nitrogen and oxygen atoms in total. The molecular formula is C17H15N3O2. The Morgan fingerprint density at radius 2 is 2.27 bits per heavy atom. The number of aldehydes is 1. The molecule has 0 bridgehead atoms. The van der Waals surface area contributed by atoms with Crippen LogP contribution < -0.4 is 0 Å². The maximum Gasteiger partial charge on any atom is 0.185 e. The lowest BCUT2D eigenvalue weighted by molar-refractivity contribution is 0.109. The number of carbonyl (C=O) groups is 1. The average Bonchev–Trinajstić information content (AvgIpc) is 3.08. The third-order valence-electron chi connectivity index (χ3n) is 4.11. The quantitative estimate of drug-likeness (QED) is 0.697. The van der Waals surface area contributed by atoms with Crippen LogP contribution in [0.4, 0.5) is 0 Å². The summed E-state index contributed by atoms with van der Waals surface area (Å²) in [4.78, 5) is 15.4. The van der Waals surface area contributed by atoms with Crippen molar-refractivity contribution in [2.45, 2.75) is 26.3 Å². The van der Waals surface area contributed by atoms with Crippen molar-refractivity contribution < 1.29 is 9.21 Å². The number of hydrogen-bond donors (Lipinski definition) is 0. The normalized spacial score (nSPS) is 12.8. The van der Waals surface area contributed by atoms with Gasteiger partial charge in [-0.05, 0) is 31.0 Å². The second-order valence-corrected chi connectivity index (χ2v) is 5.53. The van der Waals surface area contributed by atoms with Crippen molar-refractivity contribution >= 4 is 6.29 Å². The van der Waals surface area contributed by atoms with Crippen LogP contribution in [0, 0.1) is 6.92 Å². The van der Waals surface area contributed by atoms with Gasteiger partial charge >= 0.3 is 0 Å². The fraction of sp³-hybridized carbons (Fsp3) is 0.235. The Morgan fingerprint density at radius 1 is 1.36 bits per heavy atom. The average molecular weight is 293 g/mol. The van der Waals surface area contributed by atoms with Crippen molar-refractivity contribution in [1.29, 1.82) is 0 Å². The van der Waals surface area contributed by atoms with E-state index in [0.717, 1.165) is 47.4 Å². The van der Waals surface area contributed by atoms with E-state index >= 15 is 0 Å². The SMILES string of the molecule is Cc1c(C=O)oc2c1-c1nn(Cc3ccccn3)cc1CC2. The summed E-state index contributed by atoms with van der Waals surface area (Å²) in [7, 11) is 0. The smallest absolute Gasteiger partial charge is 0.185 e. The molecule has 0 amide bonds. The zero-order valence-corrected chi connectivity index (χ0v) is 12.2. The highest BCUT2D eigenvalue weighted by molar-refractivity contribution is 5.81. The van der Waals surface area contributed by atoms with Gasteiger partial charge in [-0.2, -0.15) is 5.10 Å². The molecule has 0 radical (unpaired) electrons. The maximum absolute atomic E-state index is 11.1. The molecule has 0 aromatic carbocycles. The molecule has 0 unspecified atom stereocenters. The molecule has 1 aliphatic carbocycles. The van der Waals surface area contributed by atoms with E-state index in [1.165, 1.54) is 5.56 Å². The van der Waals surface area contributed by atoms with Crippen molar-refractivity contribution in [2.75, 3.05) is 0 Å². The van der Waals surface area contributed by atoms with E-state index in [1.54, 1.807) is 6.20 Å². The van der Waals surface area contributed by atoms with Gasteiger partial charge in [-0.1, -0.05) is 6.07 Å². The van der Waals surface area contributed by atoms with Gasteiger partial charge in [0.1, 0.15) is 5.76 Å². The highest BCUT2D eigenvalue weighted by Crippen LogP contribution is 2.37. The number of carbonyl (C=O) groups excluding carboxylic acids is 1. The topological polar surface area (TPSA) is 60.9 Å². The van der Waals surface area contributed by atoms with E-state index in [4.69, 9.17) is 9.52 Å². The minimum absolute atomic E-state index is 0.414. The first-order valence-corrected chi connectivity index (χ1v) is 7.30. The zero-order chi connectivity index (χ0) is 15.1. The van der Waals surface area contributed by atoms with Crippen LogP contribution in [0.15, 0.2) is 35.0 Å². The highest BCUT2D eigenvalue weighted by atomic mass is 16.3. The van der Waals surface area contributed by atoms with Gasteiger partial charge in [0, 0.05) is 29.9 Å². The van der Waals surface area contributed by atoms with Crippen molar-refractivity contribution in [3.05, 3.63) is 58.9 Å². The number of aromatic nitrogens is 3. The Hall–Kier alpha value is -2.69. The van der Waals surface area contributed by atoms with Crippen molar-refractivity contribution in [1.82, 2.24) is 14.8 Å². The van der Waals surface area contributed by atoms with Gasteiger partial charge in [-0.15, -0.1) is 0 Å². The minimum atomic E-state index is 0.414. The van der Waals surface area contributed by atoms with E-state index in [2.05, 4.69) is 11.2 Å². The Kier molecular flexibility index (Phi) is 2.92. The molecule has 0 saturated heterocycles. The van der Waals surface area contributed by atoms with Crippen LogP contribution in [0.1, 0.15) is 33.1 Å². The molecule has 22 heavy (non-hydrogen) atoms. The van der Waals surface area contributed by atoms with Crippen LogP contribution in [0.5, 0.6) is 0 Å². The molecular weight excluding hydrogens is 278 g/mol. The summed E-state index contributed by atoms with van der Waals surface area (Å²) in [6.07, 6.45) is 6.33. The lowest BCUT2D eigenvalue weighted by Crippen LogP contribution is -2.02. The molecule has 0 atom stereocenters. The highest BCUT2D eigenvalue weighted by Gasteiger charge is 2.27. The van der Waals surface area contributed by atoms with E-state index in [0.29, 0.717) is 12.3 Å². The summed E-state index contributed by atoms with van der Waals surface area (Å²) in [5.41, 5.74) is 4.98. The van der Waals surface area contributed by atoms with Gasteiger partial charge in [0.25, 0.3) is 0 Å². The molecule has 3 aromatic rings. The first kappa shape index (κ1) is 13.0. The summed E-state index contributed by atoms with van der Waals surface area (Å²) in [6, 6.07) is 5.86. The van der Waals surface area contributed by atoms with Crippen molar-refractivity contribution in [3.8, 4) is 11.3 Å². The molecule has 0 fully saturated rings. The fourth-order valence-electron chi connectivity index (χ4n) is 3.03.